The Balaban J connectivity index is 2.22. The number of fused-ring (bicyclic) bond motifs is 1. The summed E-state index contributed by atoms with van der Waals surface area (Å²) in [6.45, 7) is 4.40. The highest BCUT2D eigenvalue weighted by Gasteiger charge is 2.13. The smallest absolute Gasteiger partial charge is 0.344 e. The van der Waals surface area contributed by atoms with Crippen LogP contribution in [0.25, 0.3) is 22.1 Å². The van der Waals surface area contributed by atoms with E-state index >= 15 is 0 Å². The van der Waals surface area contributed by atoms with Crippen molar-refractivity contribution in [2.75, 3.05) is 6.61 Å². The van der Waals surface area contributed by atoms with Gasteiger partial charge in [0.1, 0.15) is 11.3 Å². The molecular weight excluding hydrogens is 300 g/mol. The van der Waals surface area contributed by atoms with Crippen LogP contribution in [0.4, 0.5) is 0 Å². The summed E-state index contributed by atoms with van der Waals surface area (Å²) in [4.78, 5) is 12.4. The third-order valence-corrected chi connectivity index (χ3v) is 3.83. The molecule has 0 radical (unpaired) electrons. The lowest BCUT2D eigenvalue weighted by molar-refractivity contribution is 0.340. The van der Waals surface area contributed by atoms with Crippen LogP contribution < -0.4 is 10.4 Å². The minimum atomic E-state index is -0.360. The number of hydrogen-bond donors (Lipinski definition) is 0. The molecule has 22 heavy (non-hydrogen) atoms. The lowest BCUT2D eigenvalue weighted by atomic mass is 10.00. The van der Waals surface area contributed by atoms with Gasteiger partial charge in [-0.3, -0.25) is 0 Å². The molecule has 0 fully saturated rings. The highest BCUT2D eigenvalue weighted by molar-refractivity contribution is 6.30. The molecule has 0 aliphatic carbocycles. The molecule has 4 heteroatoms. The van der Waals surface area contributed by atoms with Crippen molar-refractivity contribution in [2.24, 2.45) is 0 Å². The van der Waals surface area contributed by atoms with Gasteiger partial charge in [0.15, 0.2) is 0 Å². The molecule has 0 saturated heterocycles. The maximum atomic E-state index is 12.4. The predicted molar refractivity (Wildman–Crippen MR) is 88.8 cm³/mol. The van der Waals surface area contributed by atoms with Crippen molar-refractivity contribution in [3.8, 4) is 16.9 Å². The van der Waals surface area contributed by atoms with Gasteiger partial charge < -0.3 is 9.15 Å². The summed E-state index contributed by atoms with van der Waals surface area (Å²) in [6.07, 6.45) is 0. The van der Waals surface area contributed by atoms with Crippen LogP contribution in [0, 0.1) is 6.92 Å². The highest BCUT2D eigenvalue weighted by Crippen LogP contribution is 2.29. The molecule has 0 unspecified atom stereocenters. The van der Waals surface area contributed by atoms with E-state index in [9.17, 15) is 4.79 Å². The molecule has 112 valence electrons. The van der Waals surface area contributed by atoms with E-state index in [0.29, 0.717) is 28.5 Å². The van der Waals surface area contributed by atoms with E-state index in [1.165, 1.54) is 0 Å². The fourth-order valence-electron chi connectivity index (χ4n) is 2.54. The first-order valence-corrected chi connectivity index (χ1v) is 7.44. The fourth-order valence-corrected chi connectivity index (χ4v) is 2.67. The Kier molecular flexibility index (Phi) is 3.90. The summed E-state index contributed by atoms with van der Waals surface area (Å²) in [6, 6.07) is 12.7. The molecule has 0 aliphatic rings. The van der Waals surface area contributed by atoms with Crippen LogP contribution >= 0.6 is 11.6 Å². The maximum absolute atomic E-state index is 12.4. The minimum Gasteiger partial charge on any atom is -0.494 e. The quantitative estimate of drug-likeness (QED) is 0.651. The number of halogens is 1. The molecule has 0 spiro atoms. The number of benzene rings is 2. The van der Waals surface area contributed by atoms with Gasteiger partial charge in [-0.05, 0) is 49.2 Å². The fraction of sp³-hybridized carbons (Fsp3) is 0.167. The Morgan fingerprint density at radius 3 is 2.55 bits per heavy atom. The first-order chi connectivity index (χ1) is 10.6. The number of ether oxygens (including phenoxy) is 1. The summed E-state index contributed by atoms with van der Waals surface area (Å²) < 4.78 is 10.9. The second-order valence-electron chi connectivity index (χ2n) is 4.99. The van der Waals surface area contributed by atoms with Crippen LogP contribution in [0.15, 0.2) is 51.7 Å². The zero-order valence-electron chi connectivity index (χ0n) is 12.4. The van der Waals surface area contributed by atoms with Crippen molar-refractivity contribution < 1.29 is 9.15 Å². The molecule has 3 rings (SSSR count). The van der Waals surface area contributed by atoms with Crippen molar-refractivity contribution in [1.82, 2.24) is 0 Å². The van der Waals surface area contributed by atoms with Gasteiger partial charge in [-0.15, -0.1) is 0 Å². The second-order valence-corrected chi connectivity index (χ2v) is 5.42. The van der Waals surface area contributed by atoms with Gasteiger partial charge in [-0.2, -0.15) is 0 Å². The third-order valence-electron chi connectivity index (χ3n) is 3.58. The SMILES string of the molecule is CCOc1ccc2c(C)c(-c3ccc(Cl)cc3)c(=O)oc2c1. The molecule has 0 bridgehead atoms. The van der Waals surface area contributed by atoms with Crippen LogP contribution in [0.2, 0.25) is 5.02 Å². The summed E-state index contributed by atoms with van der Waals surface area (Å²) in [7, 11) is 0. The Labute approximate surface area is 133 Å². The number of aryl methyl sites for hydroxylation is 1. The van der Waals surface area contributed by atoms with Crippen molar-refractivity contribution in [3.05, 3.63) is 63.5 Å². The van der Waals surface area contributed by atoms with Crippen LogP contribution in [-0.4, -0.2) is 6.61 Å². The molecule has 0 aliphatic heterocycles. The largest absolute Gasteiger partial charge is 0.494 e. The zero-order valence-corrected chi connectivity index (χ0v) is 13.1. The van der Waals surface area contributed by atoms with Crippen molar-refractivity contribution in [1.29, 1.82) is 0 Å². The standard InChI is InChI=1S/C18H15ClO3/c1-3-21-14-8-9-15-11(2)17(18(20)22-16(15)10-14)12-4-6-13(19)7-5-12/h4-10H,3H2,1-2H3. The third kappa shape index (κ3) is 2.60. The average Bonchev–Trinajstić information content (AvgIpc) is 2.49. The second kappa shape index (κ2) is 5.85. The predicted octanol–water partition coefficient (Wildman–Crippen LogP) is 4.82. The lowest BCUT2D eigenvalue weighted by Crippen LogP contribution is -2.06. The van der Waals surface area contributed by atoms with Crippen LogP contribution in [0.1, 0.15) is 12.5 Å². The summed E-state index contributed by atoms with van der Waals surface area (Å²) in [5, 5.41) is 1.53. The number of rotatable bonds is 3. The molecule has 3 aromatic rings. The molecule has 3 nitrogen and oxygen atoms in total. The monoisotopic (exact) mass is 314 g/mol. The van der Waals surface area contributed by atoms with Gasteiger partial charge >= 0.3 is 5.63 Å². The summed E-state index contributed by atoms with van der Waals surface area (Å²) >= 11 is 5.91. The Bertz CT molecular complexity index is 879. The van der Waals surface area contributed by atoms with Crippen LogP contribution in [0.5, 0.6) is 5.75 Å². The number of hydrogen-bond acceptors (Lipinski definition) is 3. The van der Waals surface area contributed by atoms with Crippen molar-refractivity contribution in [3.63, 3.8) is 0 Å². The van der Waals surface area contributed by atoms with Gasteiger partial charge in [0.2, 0.25) is 0 Å². The molecule has 0 amide bonds. The van der Waals surface area contributed by atoms with Gasteiger partial charge in [0, 0.05) is 16.5 Å². The van der Waals surface area contributed by atoms with E-state index in [4.69, 9.17) is 20.8 Å². The maximum Gasteiger partial charge on any atom is 0.344 e. The van der Waals surface area contributed by atoms with Gasteiger partial charge in [0.25, 0.3) is 0 Å². The van der Waals surface area contributed by atoms with Crippen molar-refractivity contribution >= 4 is 22.6 Å². The normalized spacial score (nSPS) is 10.9. The molecule has 1 heterocycles. The van der Waals surface area contributed by atoms with E-state index < -0.39 is 0 Å². The lowest BCUT2D eigenvalue weighted by Gasteiger charge is -2.09. The highest BCUT2D eigenvalue weighted by atomic mass is 35.5. The molecular formula is C18H15ClO3. The molecule has 0 saturated carbocycles. The molecule has 2 aromatic carbocycles. The first kappa shape index (κ1) is 14.7. The van der Waals surface area contributed by atoms with Crippen LogP contribution in [-0.2, 0) is 0 Å². The minimum absolute atomic E-state index is 0.360. The Morgan fingerprint density at radius 1 is 1.14 bits per heavy atom. The van der Waals surface area contributed by atoms with Crippen LogP contribution in [0.3, 0.4) is 0 Å². The topological polar surface area (TPSA) is 39.4 Å². The molecule has 0 atom stereocenters. The Hall–Kier alpha value is -2.26. The van der Waals surface area contributed by atoms with E-state index in [0.717, 1.165) is 16.5 Å². The van der Waals surface area contributed by atoms with Crippen molar-refractivity contribution in [2.45, 2.75) is 13.8 Å². The summed E-state index contributed by atoms with van der Waals surface area (Å²) in [5.41, 5.74) is 2.42. The summed E-state index contributed by atoms with van der Waals surface area (Å²) in [5.74, 6) is 0.691. The zero-order chi connectivity index (χ0) is 15.7. The Morgan fingerprint density at radius 2 is 1.86 bits per heavy atom. The molecule has 1 aromatic heterocycles. The molecule has 0 N–H and O–H groups in total. The van der Waals surface area contributed by atoms with E-state index in [1.807, 2.05) is 38.1 Å². The average molecular weight is 315 g/mol. The van der Waals surface area contributed by atoms with E-state index in [2.05, 4.69) is 0 Å². The van der Waals surface area contributed by atoms with Gasteiger partial charge in [-0.25, -0.2) is 4.79 Å². The van der Waals surface area contributed by atoms with E-state index in [-0.39, 0.29) is 5.63 Å². The van der Waals surface area contributed by atoms with E-state index in [1.54, 1.807) is 18.2 Å². The van der Waals surface area contributed by atoms with Gasteiger partial charge in [-0.1, -0.05) is 23.7 Å². The first-order valence-electron chi connectivity index (χ1n) is 7.06. The van der Waals surface area contributed by atoms with Gasteiger partial charge in [0.05, 0.1) is 12.2 Å².